The Morgan fingerprint density at radius 3 is 2.61 bits per heavy atom. The van der Waals surface area contributed by atoms with Gasteiger partial charge in [0.1, 0.15) is 0 Å². The average molecular weight is 254 g/mol. The molecule has 0 bridgehead atoms. The number of carbonyl (C=O) groups excluding carboxylic acids is 1. The lowest BCUT2D eigenvalue weighted by atomic mass is 10.3. The fraction of sp³-hybridized carbons (Fsp3) is 0.545. The highest BCUT2D eigenvalue weighted by molar-refractivity contribution is 5.77. The number of carboxylic acids is 1. The number of aliphatic carboxylic acids is 1. The maximum absolute atomic E-state index is 10.9. The van der Waals surface area contributed by atoms with E-state index in [9.17, 15) is 9.59 Å². The van der Waals surface area contributed by atoms with E-state index in [0.717, 1.165) is 17.8 Å². The van der Waals surface area contributed by atoms with Crippen LogP contribution >= 0.6 is 0 Å². The molecule has 7 nitrogen and oxygen atoms in total. The van der Waals surface area contributed by atoms with Gasteiger partial charge in [0.2, 0.25) is 5.91 Å². The van der Waals surface area contributed by atoms with Crippen molar-refractivity contribution in [1.29, 1.82) is 0 Å². The van der Waals surface area contributed by atoms with Crippen LogP contribution in [-0.2, 0) is 29.6 Å². The molecule has 0 fully saturated rings. The summed E-state index contributed by atoms with van der Waals surface area (Å²) in [5, 5.41) is 13.0. The van der Waals surface area contributed by atoms with Gasteiger partial charge in [-0.25, -0.2) is 0 Å². The van der Waals surface area contributed by atoms with E-state index in [1.807, 2.05) is 13.0 Å². The topological polar surface area (TPSA) is 101 Å². The monoisotopic (exact) mass is 254 g/mol. The van der Waals surface area contributed by atoms with Gasteiger partial charge < -0.3 is 10.8 Å². The third kappa shape index (κ3) is 4.17. The van der Waals surface area contributed by atoms with E-state index in [1.165, 1.54) is 4.90 Å². The number of aryl methyl sites for hydroxylation is 2. The van der Waals surface area contributed by atoms with E-state index in [1.54, 1.807) is 11.7 Å². The number of hydrogen-bond donors (Lipinski definition) is 2. The standard InChI is InChI=1S/C11H18N4O3/c1-3-8-4-9(14(2)13-8)5-15(6-10(12)16)7-11(17)18/h4H,3,5-7H2,1-2H3,(H2,12,16)(H,17,18). The molecule has 0 aromatic carbocycles. The van der Waals surface area contributed by atoms with E-state index in [2.05, 4.69) is 5.10 Å². The molecule has 0 aliphatic heterocycles. The van der Waals surface area contributed by atoms with E-state index in [4.69, 9.17) is 10.8 Å². The normalized spacial score (nSPS) is 10.8. The quantitative estimate of drug-likeness (QED) is 0.673. The molecule has 0 saturated heterocycles. The molecule has 1 rings (SSSR count). The minimum Gasteiger partial charge on any atom is -0.480 e. The minimum atomic E-state index is -0.992. The van der Waals surface area contributed by atoms with Crippen LogP contribution in [0.4, 0.5) is 0 Å². The van der Waals surface area contributed by atoms with Crippen LogP contribution in [0.3, 0.4) is 0 Å². The zero-order chi connectivity index (χ0) is 13.7. The van der Waals surface area contributed by atoms with Gasteiger partial charge in [0.05, 0.1) is 24.5 Å². The summed E-state index contributed by atoms with van der Waals surface area (Å²) in [6, 6.07) is 1.90. The van der Waals surface area contributed by atoms with Crippen molar-refractivity contribution >= 4 is 11.9 Å². The number of nitrogens with two attached hydrogens (primary N) is 1. The van der Waals surface area contributed by atoms with Crippen LogP contribution in [-0.4, -0.2) is 44.8 Å². The summed E-state index contributed by atoms with van der Waals surface area (Å²) in [7, 11) is 1.79. The molecule has 1 amide bonds. The summed E-state index contributed by atoms with van der Waals surface area (Å²) < 4.78 is 1.69. The van der Waals surface area contributed by atoms with Crippen molar-refractivity contribution in [3.8, 4) is 0 Å². The van der Waals surface area contributed by atoms with Gasteiger partial charge in [0, 0.05) is 13.6 Å². The molecule has 0 atom stereocenters. The van der Waals surface area contributed by atoms with Gasteiger partial charge in [-0.3, -0.25) is 19.2 Å². The number of carboxylic acid groups (broad SMARTS) is 1. The summed E-state index contributed by atoms with van der Waals surface area (Å²) in [5.41, 5.74) is 6.88. The van der Waals surface area contributed by atoms with Crippen LogP contribution in [0.25, 0.3) is 0 Å². The highest BCUT2D eigenvalue weighted by Crippen LogP contribution is 2.07. The van der Waals surface area contributed by atoms with Gasteiger partial charge in [-0.2, -0.15) is 5.10 Å². The zero-order valence-electron chi connectivity index (χ0n) is 10.6. The second-order valence-electron chi connectivity index (χ2n) is 4.11. The Kier molecular flexibility index (Phi) is 4.85. The Bertz CT molecular complexity index is 425. The Morgan fingerprint density at radius 2 is 2.17 bits per heavy atom. The van der Waals surface area contributed by atoms with Crippen LogP contribution in [0.15, 0.2) is 6.07 Å². The summed E-state index contributed by atoms with van der Waals surface area (Å²) in [4.78, 5) is 23.1. The van der Waals surface area contributed by atoms with Gasteiger partial charge in [0.15, 0.2) is 0 Å². The fourth-order valence-corrected chi connectivity index (χ4v) is 1.70. The van der Waals surface area contributed by atoms with Gasteiger partial charge in [-0.15, -0.1) is 0 Å². The molecule has 0 aliphatic carbocycles. The first kappa shape index (κ1) is 14.2. The van der Waals surface area contributed by atoms with Crippen molar-refractivity contribution in [1.82, 2.24) is 14.7 Å². The second kappa shape index (κ2) is 6.15. The van der Waals surface area contributed by atoms with Crippen molar-refractivity contribution in [3.05, 3.63) is 17.5 Å². The van der Waals surface area contributed by atoms with E-state index >= 15 is 0 Å². The summed E-state index contributed by atoms with van der Waals surface area (Å²) >= 11 is 0. The number of nitrogens with zero attached hydrogens (tertiary/aromatic N) is 3. The molecule has 18 heavy (non-hydrogen) atoms. The van der Waals surface area contributed by atoms with Gasteiger partial charge in [-0.05, 0) is 12.5 Å². The Balaban J connectivity index is 2.77. The van der Waals surface area contributed by atoms with E-state index in [-0.39, 0.29) is 13.1 Å². The molecule has 1 heterocycles. The SMILES string of the molecule is CCc1cc(CN(CC(N)=O)CC(=O)O)n(C)n1. The van der Waals surface area contributed by atoms with Gasteiger partial charge in [0.25, 0.3) is 0 Å². The lowest BCUT2D eigenvalue weighted by Gasteiger charge is -2.18. The molecule has 100 valence electrons. The largest absolute Gasteiger partial charge is 0.480 e. The first-order chi connectivity index (χ1) is 8.42. The molecule has 3 N–H and O–H groups in total. The third-order valence-electron chi connectivity index (χ3n) is 2.51. The zero-order valence-corrected chi connectivity index (χ0v) is 10.6. The summed E-state index contributed by atoms with van der Waals surface area (Å²) in [5.74, 6) is -1.54. The molecule has 0 unspecified atom stereocenters. The lowest BCUT2D eigenvalue weighted by Crippen LogP contribution is -2.37. The molecule has 7 heteroatoms. The number of aromatic nitrogens is 2. The summed E-state index contributed by atoms with van der Waals surface area (Å²) in [6.45, 7) is 2.01. The second-order valence-corrected chi connectivity index (χ2v) is 4.11. The molecule has 0 radical (unpaired) electrons. The van der Waals surface area contributed by atoms with Crippen molar-refractivity contribution in [2.75, 3.05) is 13.1 Å². The van der Waals surface area contributed by atoms with Crippen LogP contribution < -0.4 is 5.73 Å². The van der Waals surface area contributed by atoms with Crippen molar-refractivity contribution in [3.63, 3.8) is 0 Å². The lowest BCUT2D eigenvalue weighted by molar-refractivity contribution is -0.138. The van der Waals surface area contributed by atoms with Crippen LogP contribution in [0.1, 0.15) is 18.3 Å². The van der Waals surface area contributed by atoms with Crippen LogP contribution in [0, 0.1) is 0 Å². The number of amides is 1. The first-order valence-corrected chi connectivity index (χ1v) is 5.66. The smallest absolute Gasteiger partial charge is 0.317 e. The highest BCUT2D eigenvalue weighted by atomic mass is 16.4. The molecule has 0 saturated carbocycles. The molecule has 0 spiro atoms. The van der Waals surface area contributed by atoms with Crippen molar-refractivity contribution in [2.45, 2.75) is 19.9 Å². The first-order valence-electron chi connectivity index (χ1n) is 5.66. The maximum atomic E-state index is 10.9. The fourth-order valence-electron chi connectivity index (χ4n) is 1.70. The Morgan fingerprint density at radius 1 is 1.50 bits per heavy atom. The van der Waals surface area contributed by atoms with Gasteiger partial charge >= 0.3 is 5.97 Å². The number of hydrogen-bond acceptors (Lipinski definition) is 4. The number of carbonyl (C=O) groups is 2. The predicted octanol–water partition coefficient (Wildman–Crippen LogP) is -0.646. The molecular weight excluding hydrogens is 236 g/mol. The average Bonchev–Trinajstić information content (AvgIpc) is 2.57. The number of rotatable bonds is 7. The Labute approximate surface area is 105 Å². The van der Waals surface area contributed by atoms with Crippen LogP contribution in [0.2, 0.25) is 0 Å². The highest BCUT2D eigenvalue weighted by Gasteiger charge is 2.15. The summed E-state index contributed by atoms with van der Waals surface area (Å²) in [6.07, 6.45) is 0.808. The molecule has 0 aliphatic rings. The number of primary amides is 1. The third-order valence-corrected chi connectivity index (χ3v) is 2.51. The van der Waals surface area contributed by atoms with Crippen molar-refractivity contribution < 1.29 is 14.7 Å². The van der Waals surface area contributed by atoms with Crippen molar-refractivity contribution in [2.24, 2.45) is 12.8 Å². The molecule has 1 aromatic heterocycles. The minimum absolute atomic E-state index is 0.0844. The van der Waals surface area contributed by atoms with E-state index < -0.39 is 11.9 Å². The van der Waals surface area contributed by atoms with Crippen LogP contribution in [0.5, 0.6) is 0 Å². The van der Waals surface area contributed by atoms with E-state index in [0.29, 0.717) is 6.54 Å². The predicted molar refractivity (Wildman–Crippen MR) is 64.7 cm³/mol. The molecule has 1 aromatic rings. The molecular formula is C11H18N4O3. The maximum Gasteiger partial charge on any atom is 0.317 e. The Hall–Kier alpha value is -1.89. The van der Waals surface area contributed by atoms with Gasteiger partial charge in [-0.1, -0.05) is 6.92 Å².